The number of rotatable bonds is 7. The Morgan fingerprint density at radius 2 is 2.05 bits per heavy atom. The minimum Gasteiger partial charge on any atom is -0.466 e. The molecule has 118 valence electrons. The van der Waals surface area contributed by atoms with Crippen LogP contribution in [0.25, 0.3) is 5.82 Å². The Kier molecular flexibility index (Phi) is 5.35. The lowest BCUT2D eigenvalue weighted by molar-refractivity contribution is -0.143. The normalized spacial score (nSPS) is 10.5. The van der Waals surface area contributed by atoms with Crippen molar-refractivity contribution in [1.29, 1.82) is 0 Å². The molecule has 0 fully saturated rings. The molecule has 0 atom stereocenters. The molecule has 0 unspecified atom stereocenters. The first-order valence-corrected chi connectivity index (χ1v) is 7.22. The molecule has 2 heterocycles. The number of carbonyl (C=O) groups is 2. The number of carbonyl (C=O) groups excluding carboxylic acids is 2. The molecule has 0 aliphatic carbocycles. The van der Waals surface area contributed by atoms with Crippen LogP contribution in [0.2, 0.25) is 0 Å². The highest BCUT2D eigenvalue weighted by Crippen LogP contribution is 2.13. The minimum atomic E-state index is -0.244. The van der Waals surface area contributed by atoms with E-state index in [2.05, 4.69) is 10.4 Å². The molecule has 0 bridgehead atoms. The first-order chi connectivity index (χ1) is 10.6. The zero-order valence-electron chi connectivity index (χ0n) is 12.8. The number of nitrogens with one attached hydrogen (secondary N) is 1. The summed E-state index contributed by atoms with van der Waals surface area (Å²) in [6, 6.07) is 3.77. The van der Waals surface area contributed by atoms with E-state index in [1.54, 1.807) is 18.7 Å². The second-order valence-electron chi connectivity index (χ2n) is 4.76. The number of hydrogen-bond donors (Lipinski definition) is 1. The summed E-state index contributed by atoms with van der Waals surface area (Å²) < 4.78 is 8.32. The smallest absolute Gasteiger partial charge is 0.305 e. The average molecular weight is 304 g/mol. The molecule has 0 aromatic carbocycles. The third-order valence-corrected chi connectivity index (χ3v) is 3.15. The Hall–Kier alpha value is -2.57. The number of esters is 1. The van der Waals surface area contributed by atoms with Gasteiger partial charge in [0.25, 0.3) is 5.91 Å². The van der Waals surface area contributed by atoms with E-state index < -0.39 is 0 Å². The van der Waals surface area contributed by atoms with E-state index in [0.29, 0.717) is 37.4 Å². The van der Waals surface area contributed by atoms with Crippen LogP contribution in [-0.2, 0) is 16.6 Å². The second-order valence-corrected chi connectivity index (χ2v) is 4.76. The van der Waals surface area contributed by atoms with Crippen molar-refractivity contribution in [3.05, 3.63) is 36.3 Å². The fraction of sp³-hybridized carbons (Fsp3) is 0.400. The summed E-state index contributed by atoms with van der Waals surface area (Å²) >= 11 is 0. The molecule has 0 saturated carbocycles. The van der Waals surface area contributed by atoms with Crippen LogP contribution in [0.1, 0.15) is 30.1 Å². The zero-order chi connectivity index (χ0) is 15.9. The summed E-state index contributed by atoms with van der Waals surface area (Å²) in [5.41, 5.74) is 0.495. The van der Waals surface area contributed by atoms with E-state index in [1.165, 1.54) is 6.20 Å². The van der Waals surface area contributed by atoms with Crippen molar-refractivity contribution >= 4 is 11.9 Å². The summed E-state index contributed by atoms with van der Waals surface area (Å²) in [5.74, 6) is 0.250. The van der Waals surface area contributed by atoms with Crippen molar-refractivity contribution < 1.29 is 14.3 Å². The zero-order valence-corrected chi connectivity index (χ0v) is 12.8. The van der Waals surface area contributed by atoms with E-state index in [4.69, 9.17) is 4.74 Å². The molecule has 22 heavy (non-hydrogen) atoms. The SMILES string of the molecule is CCOC(=O)CCCNC(=O)c1cnn(C)c1-n1cccc1. The quantitative estimate of drug-likeness (QED) is 0.617. The summed E-state index contributed by atoms with van der Waals surface area (Å²) in [6.45, 7) is 2.56. The van der Waals surface area contributed by atoms with Crippen LogP contribution in [0.15, 0.2) is 30.7 Å². The van der Waals surface area contributed by atoms with Crippen LogP contribution in [0.3, 0.4) is 0 Å². The number of amides is 1. The van der Waals surface area contributed by atoms with Gasteiger partial charge < -0.3 is 14.6 Å². The number of aryl methyl sites for hydroxylation is 1. The summed E-state index contributed by atoms with van der Waals surface area (Å²) in [4.78, 5) is 23.5. The van der Waals surface area contributed by atoms with E-state index >= 15 is 0 Å². The Morgan fingerprint density at radius 1 is 1.32 bits per heavy atom. The maximum absolute atomic E-state index is 12.3. The molecule has 0 aliphatic rings. The van der Waals surface area contributed by atoms with Gasteiger partial charge in [0.2, 0.25) is 0 Å². The molecule has 2 aromatic heterocycles. The molecule has 1 amide bonds. The molecule has 0 saturated heterocycles. The van der Waals surface area contributed by atoms with Crippen molar-refractivity contribution in [2.24, 2.45) is 7.05 Å². The van der Waals surface area contributed by atoms with Crippen LogP contribution in [0.4, 0.5) is 0 Å². The maximum Gasteiger partial charge on any atom is 0.305 e. The minimum absolute atomic E-state index is 0.208. The van der Waals surface area contributed by atoms with Crippen LogP contribution in [0.5, 0.6) is 0 Å². The number of aromatic nitrogens is 3. The molecular formula is C15H20N4O3. The molecule has 0 aliphatic heterocycles. The average Bonchev–Trinajstić information content (AvgIpc) is 3.12. The van der Waals surface area contributed by atoms with Gasteiger partial charge in [-0.3, -0.25) is 14.3 Å². The highest BCUT2D eigenvalue weighted by atomic mass is 16.5. The van der Waals surface area contributed by atoms with Gasteiger partial charge in [0, 0.05) is 32.4 Å². The Morgan fingerprint density at radius 3 is 2.73 bits per heavy atom. The lowest BCUT2D eigenvalue weighted by Gasteiger charge is -2.08. The molecule has 2 aromatic rings. The van der Waals surface area contributed by atoms with Gasteiger partial charge in [0.1, 0.15) is 11.4 Å². The molecule has 0 radical (unpaired) electrons. The van der Waals surface area contributed by atoms with Gasteiger partial charge in [0.05, 0.1) is 12.8 Å². The maximum atomic E-state index is 12.3. The van der Waals surface area contributed by atoms with Gasteiger partial charge in [-0.05, 0) is 25.5 Å². The molecule has 7 nitrogen and oxygen atoms in total. The van der Waals surface area contributed by atoms with Crippen molar-refractivity contribution in [2.75, 3.05) is 13.2 Å². The fourth-order valence-electron chi connectivity index (χ4n) is 2.14. The lowest BCUT2D eigenvalue weighted by atomic mass is 10.2. The predicted octanol–water partition coefficient (Wildman–Crippen LogP) is 1.28. The van der Waals surface area contributed by atoms with Crippen LogP contribution >= 0.6 is 0 Å². The fourth-order valence-corrected chi connectivity index (χ4v) is 2.14. The number of ether oxygens (including phenoxy) is 1. The Balaban J connectivity index is 1.93. The van der Waals surface area contributed by atoms with Crippen LogP contribution in [0, 0.1) is 0 Å². The van der Waals surface area contributed by atoms with Crippen molar-refractivity contribution in [3.63, 3.8) is 0 Å². The number of nitrogens with zero attached hydrogens (tertiary/aromatic N) is 3. The monoisotopic (exact) mass is 304 g/mol. The van der Waals surface area contributed by atoms with E-state index in [0.717, 1.165) is 0 Å². The Bertz CT molecular complexity index is 631. The first kappa shape index (κ1) is 15.8. The van der Waals surface area contributed by atoms with Gasteiger partial charge >= 0.3 is 5.97 Å². The van der Waals surface area contributed by atoms with E-state index in [9.17, 15) is 9.59 Å². The largest absolute Gasteiger partial charge is 0.466 e. The highest BCUT2D eigenvalue weighted by molar-refractivity contribution is 5.97. The van der Waals surface area contributed by atoms with E-state index in [1.807, 2.05) is 29.1 Å². The lowest BCUT2D eigenvalue weighted by Crippen LogP contribution is -2.26. The van der Waals surface area contributed by atoms with Gasteiger partial charge in [-0.15, -0.1) is 0 Å². The topological polar surface area (TPSA) is 78.2 Å². The van der Waals surface area contributed by atoms with Gasteiger partial charge in [0.15, 0.2) is 0 Å². The number of hydrogen-bond acceptors (Lipinski definition) is 4. The van der Waals surface area contributed by atoms with Gasteiger partial charge in [-0.1, -0.05) is 0 Å². The van der Waals surface area contributed by atoms with Gasteiger partial charge in [-0.25, -0.2) is 0 Å². The standard InChI is InChI=1S/C15H20N4O3/c1-3-22-13(20)7-6-8-16-14(21)12-11-17-18(2)15(12)19-9-4-5-10-19/h4-5,9-11H,3,6-8H2,1-2H3,(H,16,21). The van der Waals surface area contributed by atoms with Crippen molar-refractivity contribution in [2.45, 2.75) is 19.8 Å². The summed E-state index contributed by atoms with van der Waals surface area (Å²) in [7, 11) is 1.78. The molecule has 2 rings (SSSR count). The summed E-state index contributed by atoms with van der Waals surface area (Å²) in [6.07, 6.45) is 6.09. The van der Waals surface area contributed by atoms with Crippen molar-refractivity contribution in [1.82, 2.24) is 19.7 Å². The van der Waals surface area contributed by atoms with Crippen molar-refractivity contribution in [3.8, 4) is 5.82 Å². The molecule has 1 N–H and O–H groups in total. The molecule has 7 heteroatoms. The first-order valence-electron chi connectivity index (χ1n) is 7.22. The Labute approximate surface area is 128 Å². The molecule has 0 spiro atoms. The van der Waals surface area contributed by atoms with Crippen LogP contribution < -0.4 is 5.32 Å². The summed E-state index contributed by atoms with van der Waals surface area (Å²) in [5, 5.41) is 6.93. The predicted molar refractivity (Wildman–Crippen MR) is 80.7 cm³/mol. The van der Waals surface area contributed by atoms with Gasteiger partial charge in [-0.2, -0.15) is 5.10 Å². The second kappa shape index (κ2) is 7.44. The van der Waals surface area contributed by atoms with E-state index in [-0.39, 0.29) is 11.9 Å². The molecular weight excluding hydrogens is 284 g/mol. The third kappa shape index (κ3) is 3.75. The third-order valence-electron chi connectivity index (χ3n) is 3.15. The highest BCUT2D eigenvalue weighted by Gasteiger charge is 2.16. The van der Waals surface area contributed by atoms with Crippen LogP contribution in [-0.4, -0.2) is 39.4 Å².